The number of nitrogens with one attached hydrogen (secondary N) is 2. The third-order valence-corrected chi connectivity index (χ3v) is 4.00. The van der Waals surface area contributed by atoms with E-state index in [0.717, 1.165) is 30.6 Å². The van der Waals surface area contributed by atoms with Crippen molar-refractivity contribution in [1.82, 2.24) is 5.32 Å². The van der Waals surface area contributed by atoms with Crippen molar-refractivity contribution in [3.63, 3.8) is 0 Å². The van der Waals surface area contributed by atoms with Crippen LogP contribution in [-0.2, 0) is 0 Å². The molecule has 19 heavy (non-hydrogen) atoms. The Balaban J connectivity index is 1.93. The van der Waals surface area contributed by atoms with Gasteiger partial charge in [0.15, 0.2) is 0 Å². The summed E-state index contributed by atoms with van der Waals surface area (Å²) in [6.45, 7) is 0. The maximum Gasteiger partial charge on any atom is 0.338 e. The number of hydrogen-bond acceptors (Lipinski definition) is 4. The van der Waals surface area contributed by atoms with E-state index in [1.807, 2.05) is 0 Å². The van der Waals surface area contributed by atoms with Crippen molar-refractivity contribution >= 4 is 28.3 Å². The summed E-state index contributed by atoms with van der Waals surface area (Å²) >= 11 is 1.15. The molecule has 2 amide bonds. The first-order valence-electron chi connectivity index (χ1n) is 6.14. The van der Waals surface area contributed by atoms with Crippen LogP contribution in [-0.4, -0.2) is 34.4 Å². The highest BCUT2D eigenvalue weighted by Crippen LogP contribution is 2.23. The van der Waals surface area contributed by atoms with Crippen LogP contribution in [0.1, 0.15) is 36.0 Å². The predicted molar refractivity (Wildman–Crippen MR) is 71.7 cm³/mol. The van der Waals surface area contributed by atoms with Crippen LogP contribution in [0.5, 0.6) is 0 Å². The zero-order valence-electron chi connectivity index (χ0n) is 10.3. The first-order valence-corrected chi connectivity index (χ1v) is 7.02. The number of aliphatic hydroxyl groups excluding tert-OH is 1. The van der Waals surface area contributed by atoms with Gasteiger partial charge in [-0.15, -0.1) is 11.3 Å². The number of urea groups is 1. The highest BCUT2D eigenvalue weighted by Gasteiger charge is 2.25. The quantitative estimate of drug-likeness (QED) is 0.681. The number of amides is 2. The number of carbonyl (C=O) groups excluding carboxylic acids is 1. The van der Waals surface area contributed by atoms with Gasteiger partial charge in [-0.2, -0.15) is 0 Å². The number of rotatable bonds is 3. The lowest BCUT2D eigenvalue weighted by atomic mass is 9.93. The molecule has 6 nitrogen and oxygen atoms in total. The second-order valence-electron chi connectivity index (χ2n) is 4.53. The van der Waals surface area contributed by atoms with Crippen LogP contribution in [0.15, 0.2) is 11.4 Å². The first-order chi connectivity index (χ1) is 9.08. The van der Waals surface area contributed by atoms with Crippen LogP contribution in [0.25, 0.3) is 0 Å². The number of aliphatic hydroxyl groups is 1. The number of aromatic carboxylic acids is 1. The summed E-state index contributed by atoms with van der Waals surface area (Å²) < 4.78 is 0. The molecule has 1 aliphatic rings. The van der Waals surface area contributed by atoms with Gasteiger partial charge in [0.1, 0.15) is 5.00 Å². The highest BCUT2D eigenvalue weighted by atomic mass is 32.1. The van der Waals surface area contributed by atoms with E-state index in [4.69, 9.17) is 5.11 Å². The zero-order valence-corrected chi connectivity index (χ0v) is 11.1. The third kappa shape index (κ3) is 3.45. The molecule has 1 heterocycles. The monoisotopic (exact) mass is 284 g/mol. The van der Waals surface area contributed by atoms with Gasteiger partial charge < -0.3 is 15.5 Å². The van der Waals surface area contributed by atoms with Gasteiger partial charge in [0.2, 0.25) is 0 Å². The molecule has 104 valence electrons. The van der Waals surface area contributed by atoms with Gasteiger partial charge in [-0.05, 0) is 24.3 Å². The molecule has 0 radical (unpaired) electrons. The minimum atomic E-state index is -1.07. The molecular formula is C12H16N2O4S. The zero-order chi connectivity index (χ0) is 13.8. The Kier molecular flexibility index (Phi) is 4.39. The van der Waals surface area contributed by atoms with E-state index in [9.17, 15) is 14.7 Å². The number of thiophene rings is 1. The predicted octanol–water partition coefficient (Wildman–Crippen LogP) is 1.87. The van der Waals surface area contributed by atoms with Gasteiger partial charge >= 0.3 is 12.0 Å². The van der Waals surface area contributed by atoms with E-state index < -0.39 is 18.1 Å². The van der Waals surface area contributed by atoms with Crippen LogP contribution >= 0.6 is 11.3 Å². The fourth-order valence-corrected chi connectivity index (χ4v) is 2.94. The Labute approximate surface area is 114 Å². The molecule has 1 aromatic heterocycles. The van der Waals surface area contributed by atoms with Crippen molar-refractivity contribution in [2.75, 3.05) is 5.32 Å². The molecule has 1 aliphatic carbocycles. The fraction of sp³-hybridized carbons (Fsp3) is 0.500. The van der Waals surface area contributed by atoms with Gasteiger partial charge in [0.05, 0.1) is 17.7 Å². The van der Waals surface area contributed by atoms with E-state index in [2.05, 4.69) is 10.6 Å². The Morgan fingerprint density at radius 3 is 2.74 bits per heavy atom. The summed E-state index contributed by atoms with van der Waals surface area (Å²) in [5, 5.41) is 25.8. The highest BCUT2D eigenvalue weighted by molar-refractivity contribution is 7.14. The smallest absolute Gasteiger partial charge is 0.338 e. The van der Waals surface area contributed by atoms with Crippen LogP contribution in [0.3, 0.4) is 0 Å². The molecule has 0 bridgehead atoms. The van der Waals surface area contributed by atoms with Crippen molar-refractivity contribution in [3.05, 3.63) is 17.0 Å². The molecule has 2 atom stereocenters. The summed E-state index contributed by atoms with van der Waals surface area (Å²) in [6.07, 6.45) is 2.84. The standard InChI is InChI=1S/C12H16N2O4S/c15-9-4-2-1-3-8(9)13-12(18)14-10-7(11(16)17)5-6-19-10/h5-6,8-9,15H,1-4H2,(H,16,17)(H2,13,14,18)/t8-,9-/m0/s1. The van der Waals surface area contributed by atoms with Crippen molar-refractivity contribution in [3.8, 4) is 0 Å². The lowest BCUT2D eigenvalue weighted by Crippen LogP contribution is -2.46. The van der Waals surface area contributed by atoms with Crippen LogP contribution in [0.2, 0.25) is 0 Å². The Morgan fingerprint density at radius 2 is 2.05 bits per heavy atom. The number of carboxylic acids is 1. The Morgan fingerprint density at radius 1 is 1.32 bits per heavy atom. The molecule has 0 unspecified atom stereocenters. The summed E-state index contributed by atoms with van der Waals surface area (Å²) in [7, 11) is 0. The van der Waals surface area contributed by atoms with Crippen LogP contribution < -0.4 is 10.6 Å². The number of carboxylic acid groups (broad SMARTS) is 1. The fourth-order valence-electron chi connectivity index (χ4n) is 2.16. The van der Waals surface area contributed by atoms with E-state index in [0.29, 0.717) is 11.4 Å². The van der Waals surface area contributed by atoms with Gasteiger partial charge in [0.25, 0.3) is 0 Å². The van der Waals surface area contributed by atoms with Crippen LogP contribution in [0.4, 0.5) is 9.80 Å². The van der Waals surface area contributed by atoms with Crippen LogP contribution in [0, 0.1) is 0 Å². The van der Waals surface area contributed by atoms with E-state index in [-0.39, 0.29) is 11.6 Å². The van der Waals surface area contributed by atoms with Gasteiger partial charge in [-0.1, -0.05) is 12.8 Å². The lowest BCUT2D eigenvalue weighted by molar-refractivity contribution is 0.0698. The second-order valence-corrected chi connectivity index (χ2v) is 5.44. The molecule has 4 N–H and O–H groups in total. The lowest BCUT2D eigenvalue weighted by Gasteiger charge is -2.28. The average molecular weight is 284 g/mol. The number of anilines is 1. The number of hydrogen-bond donors (Lipinski definition) is 4. The third-order valence-electron chi connectivity index (χ3n) is 3.17. The molecule has 1 saturated carbocycles. The minimum absolute atomic E-state index is 0.0735. The maximum absolute atomic E-state index is 11.8. The first kappa shape index (κ1) is 13.8. The second kappa shape index (κ2) is 6.03. The molecular weight excluding hydrogens is 268 g/mol. The van der Waals surface area contributed by atoms with E-state index in [1.165, 1.54) is 6.07 Å². The topological polar surface area (TPSA) is 98.7 Å². The van der Waals surface area contributed by atoms with E-state index >= 15 is 0 Å². The molecule has 1 aromatic rings. The van der Waals surface area contributed by atoms with Gasteiger partial charge in [-0.3, -0.25) is 5.32 Å². The number of carbonyl (C=O) groups is 2. The van der Waals surface area contributed by atoms with Gasteiger partial charge in [0, 0.05) is 0 Å². The largest absolute Gasteiger partial charge is 0.478 e. The molecule has 1 fully saturated rings. The van der Waals surface area contributed by atoms with E-state index in [1.54, 1.807) is 5.38 Å². The minimum Gasteiger partial charge on any atom is -0.478 e. The van der Waals surface area contributed by atoms with Crippen molar-refractivity contribution in [2.24, 2.45) is 0 Å². The molecule has 0 spiro atoms. The average Bonchev–Trinajstić information content (AvgIpc) is 2.80. The summed E-state index contributed by atoms with van der Waals surface area (Å²) in [5.41, 5.74) is 0.0735. The normalized spacial score (nSPS) is 22.8. The maximum atomic E-state index is 11.8. The summed E-state index contributed by atoms with van der Waals surface area (Å²) in [5.74, 6) is -1.07. The van der Waals surface area contributed by atoms with Crippen molar-refractivity contribution in [1.29, 1.82) is 0 Å². The summed E-state index contributed by atoms with van der Waals surface area (Å²) in [4.78, 5) is 22.7. The molecule has 0 saturated heterocycles. The van der Waals surface area contributed by atoms with Crippen molar-refractivity contribution < 1.29 is 19.8 Å². The SMILES string of the molecule is O=C(Nc1sccc1C(=O)O)N[C@H]1CCCC[C@@H]1O. The molecule has 7 heteroatoms. The summed E-state index contributed by atoms with van der Waals surface area (Å²) in [6, 6.07) is 0.704. The molecule has 0 aliphatic heterocycles. The van der Waals surface area contributed by atoms with Crippen molar-refractivity contribution in [2.45, 2.75) is 37.8 Å². The van der Waals surface area contributed by atoms with Gasteiger partial charge in [-0.25, -0.2) is 9.59 Å². The molecule has 0 aromatic carbocycles. The molecule has 2 rings (SSSR count). The Hall–Kier alpha value is -1.60. The Bertz CT molecular complexity index is 474.